The van der Waals surface area contributed by atoms with Crippen molar-refractivity contribution in [1.82, 2.24) is 4.90 Å². The fourth-order valence-corrected chi connectivity index (χ4v) is 4.14. The lowest BCUT2D eigenvalue weighted by molar-refractivity contribution is -0.122. The van der Waals surface area contributed by atoms with Crippen LogP contribution in [0.4, 0.5) is 5.69 Å². The first kappa shape index (κ1) is 19.2. The highest BCUT2D eigenvalue weighted by Crippen LogP contribution is 2.35. The number of carbonyl (C=O) groups excluding carboxylic acids is 1. The van der Waals surface area contributed by atoms with E-state index in [1.807, 2.05) is 70.2 Å². The molecule has 27 heavy (non-hydrogen) atoms. The first-order valence-electron chi connectivity index (χ1n) is 8.95. The Morgan fingerprint density at radius 3 is 2.41 bits per heavy atom. The third-order valence-electron chi connectivity index (χ3n) is 4.57. The Labute approximate surface area is 164 Å². The Morgan fingerprint density at radius 1 is 1.11 bits per heavy atom. The van der Waals surface area contributed by atoms with Crippen LogP contribution in [0, 0.1) is 20.8 Å². The van der Waals surface area contributed by atoms with Crippen LogP contribution in [-0.2, 0) is 4.79 Å². The molecule has 0 aromatic heterocycles. The van der Waals surface area contributed by atoms with Gasteiger partial charge in [-0.15, -0.1) is 0 Å². The minimum Gasteiger partial charge on any atom is -0.496 e. The van der Waals surface area contributed by atoms with Crippen LogP contribution in [0.2, 0.25) is 0 Å². The molecule has 1 aliphatic heterocycles. The molecule has 0 radical (unpaired) electrons. The van der Waals surface area contributed by atoms with Gasteiger partial charge < -0.3 is 4.74 Å². The van der Waals surface area contributed by atoms with Crippen LogP contribution in [0.3, 0.4) is 0 Å². The van der Waals surface area contributed by atoms with Gasteiger partial charge in [-0.3, -0.25) is 9.69 Å². The lowest BCUT2D eigenvalue weighted by Crippen LogP contribution is -2.28. The maximum Gasteiger partial charge on any atom is 0.266 e. The summed E-state index contributed by atoms with van der Waals surface area (Å²) in [7, 11) is 1.66. The lowest BCUT2D eigenvalue weighted by Gasteiger charge is -2.13. The maximum absolute atomic E-state index is 12.9. The molecule has 1 aliphatic rings. The SMILES string of the molecule is CCN1C(=O)/C(=C\c2ccc(OC)c(C)c2)SC1=Nc1c(C)cccc1C. The van der Waals surface area contributed by atoms with Gasteiger partial charge in [0.15, 0.2) is 5.17 Å². The summed E-state index contributed by atoms with van der Waals surface area (Å²) in [4.78, 5) is 20.1. The largest absolute Gasteiger partial charge is 0.496 e. The molecule has 140 valence electrons. The molecule has 1 saturated heterocycles. The Morgan fingerprint density at radius 2 is 1.81 bits per heavy atom. The lowest BCUT2D eigenvalue weighted by atomic mass is 10.1. The Kier molecular flexibility index (Phi) is 5.71. The maximum atomic E-state index is 12.9. The van der Waals surface area contributed by atoms with Crippen molar-refractivity contribution >= 4 is 34.6 Å². The molecular formula is C22H24N2O2S. The van der Waals surface area contributed by atoms with E-state index in [0.29, 0.717) is 11.4 Å². The van der Waals surface area contributed by atoms with Crippen LogP contribution >= 0.6 is 11.8 Å². The van der Waals surface area contributed by atoms with Gasteiger partial charge in [-0.2, -0.15) is 0 Å². The zero-order valence-electron chi connectivity index (χ0n) is 16.4. The molecular weight excluding hydrogens is 356 g/mol. The van der Waals surface area contributed by atoms with Crippen LogP contribution in [0.1, 0.15) is 29.2 Å². The zero-order valence-corrected chi connectivity index (χ0v) is 17.2. The molecule has 2 aromatic carbocycles. The summed E-state index contributed by atoms with van der Waals surface area (Å²) in [5.74, 6) is 0.843. The van der Waals surface area contributed by atoms with Crippen molar-refractivity contribution in [3.63, 3.8) is 0 Å². The fraction of sp³-hybridized carbons (Fsp3) is 0.273. The number of thioether (sulfide) groups is 1. The Bertz CT molecular complexity index is 927. The highest BCUT2D eigenvalue weighted by Gasteiger charge is 2.32. The van der Waals surface area contributed by atoms with Crippen LogP contribution in [0.25, 0.3) is 6.08 Å². The van der Waals surface area contributed by atoms with Crippen molar-refractivity contribution in [3.8, 4) is 5.75 Å². The summed E-state index contributed by atoms with van der Waals surface area (Å²) in [6.45, 7) is 8.65. The van der Waals surface area contributed by atoms with E-state index in [9.17, 15) is 4.79 Å². The third kappa shape index (κ3) is 3.93. The number of rotatable bonds is 4. The quantitative estimate of drug-likeness (QED) is 0.681. The van der Waals surface area contributed by atoms with Gasteiger partial charge in [-0.1, -0.05) is 24.3 Å². The fourth-order valence-electron chi connectivity index (χ4n) is 3.09. The predicted molar refractivity (Wildman–Crippen MR) is 114 cm³/mol. The van der Waals surface area contributed by atoms with E-state index in [2.05, 4.69) is 0 Å². The highest BCUT2D eigenvalue weighted by molar-refractivity contribution is 8.18. The number of hydrogen-bond acceptors (Lipinski definition) is 4. The number of amidine groups is 1. The number of ether oxygens (including phenoxy) is 1. The molecule has 0 atom stereocenters. The summed E-state index contributed by atoms with van der Waals surface area (Å²) in [5, 5.41) is 0.733. The number of hydrogen-bond donors (Lipinski definition) is 0. The van der Waals surface area contributed by atoms with E-state index in [4.69, 9.17) is 9.73 Å². The second-order valence-corrected chi connectivity index (χ2v) is 7.53. The molecule has 1 amide bonds. The zero-order chi connectivity index (χ0) is 19.6. The number of benzene rings is 2. The van der Waals surface area contributed by atoms with Crippen LogP contribution in [0.15, 0.2) is 46.3 Å². The number of aliphatic imine (C=N–C) groups is 1. The van der Waals surface area contributed by atoms with E-state index >= 15 is 0 Å². The molecule has 0 unspecified atom stereocenters. The van der Waals surface area contributed by atoms with Gasteiger partial charge in [-0.05, 0) is 79.9 Å². The normalized spacial score (nSPS) is 17.2. The molecule has 2 aromatic rings. The first-order chi connectivity index (χ1) is 12.9. The molecule has 0 bridgehead atoms. The first-order valence-corrected chi connectivity index (χ1v) is 9.77. The van der Waals surface area contributed by atoms with Crippen LogP contribution in [-0.4, -0.2) is 29.6 Å². The summed E-state index contributed by atoms with van der Waals surface area (Å²) < 4.78 is 5.31. The van der Waals surface area contributed by atoms with Crippen molar-refractivity contribution in [2.45, 2.75) is 27.7 Å². The van der Waals surface area contributed by atoms with E-state index in [1.54, 1.807) is 12.0 Å². The molecule has 5 heteroatoms. The van der Waals surface area contributed by atoms with E-state index in [1.165, 1.54) is 11.8 Å². The van der Waals surface area contributed by atoms with Gasteiger partial charge in [-0.25, -0.2) is 4.99 Å². The second kappa shape index (κ2) is 8.01. The Balaban J connectivity index is 1.97. The summed E-state index contributed by atoms with van der Waals surface area (Å²) >= 11 is 1.43. The number of amides is 1. The molecule has 1 heterocycles. The number of carbonyl (C=O) groups is 1. The van der Waals surface area contributed by atoms with Crippen LogP contribution < -0.4 is 4.74 Å². The van der Waals surface area contributed by atoms with Gasteiger partial charge in [0.2, 0.25) is 0 Å². The molecule has 0 N–H and O–H groups in total. The third-order valence-corrected chi connectivity index (χ3v) is 5.57. The van der Waals surface area contributed by atoms with E-state index in [-0.39, 0.29) is 5.91 Å². The van der Waals surface area contributed by atoms with Crippen molar-refractivity contribution < 1.29 is 9.53 Å². The number of aryl methyl sites for hydroxylation is 3. The number of likely N-dealkylation sites (N-methyl/N-ethyl adjacent to an activating group) is 1. The van der Waals surface area contributed by atoms with Crippen LogP contribution in [0.5, 0.6) is 5.75 Å². The highest BCUT2D eigenvalue weighted by atomic mass is 32.2. The van der Waals surface area contributed by atoms with Gasteiger partial charge in [0.1, 0.15) is 5.75 Å². The van der Waals surface area contributed by atoms with E-state index < -0.39 is 0 Å². The standard InChI is InChI=1S/C22H24N2O2S/c1-6-24-21(25)19(13-17-10-11-18(26-5)16(4)12-17)27-22(24)23-20-14(2)8-7-9-15(20)3/h7-13H,6H2,1-5H3/b19-13+,23-22?. The Hall–Kier alpha value is -2.53. The average molecular weight is 381 g/mol. The molecule has 4 nitrogen and oxygen atoms in total. The van der Waals surface area contributed by atoms with E-state index in [0.717, 1.165) is 38.9 Å². The van der Waals surface area contributed by atoms with Gasteiger partial charge >= 0.3 is 0 Å². The molecule has 3 rings (SSSR count). The summed E-state index contributed by atoms with van der Waals surface area (Å²) in [6.07, 6.45) is 1.93. The molecule has 0 saturated carbocycles. The number of methoxy groups -OCH3 is 1. The van der Waals surface area contributed by atoms with Gasteiger partial charge in [0.05, 0.1) is 17.7 Å². The molecule has 1 fully saturated rings. The monoisotopic (exact) mass is 380 g/mol. The summed E-state index contributed by atoms with van der Waals surface area (Å²) in [5.41, 5.74) is 5.17. The number of nitrogens with zero attached hydrogens (tertiary/aromatic N) is 2. The minimum atomic E-state index is 0.000887. The molecule has 0 spiro atoms. The van der Waals surface area contributed by atoms with Crippen molar-refractivity contribution in [1.29, 1.82) is 0 Å². The smallest absolute Gasteiger partial charge is 0.266 e. The minimum absolute atomic E-state index is 0.000887. The number of para-hydroxylation sites is 1. The average Bonchev–Trinajstić information content (AvgIpc) is 2.93. The molecule has 0 aliphatic carbocycles. The topological polar surface area (TPSA) is 41.9 Å². The second-order valence-electron chi connectivity index (χ2n) is 6.52. The van der Waals surface area contributed by atoms with Crippen molar-refractivity contribution in [2.24, 2.45) is 4.99 Å². The van der Waals surface area contributed by atoms with Gasteiger partial charge in [0.25, 0.3) is 5.91 Å². The summed E-state index contributed by atoms with van der Waals surface area (Å²) in [6, 6.07) is 12.0. The van der Waals surface area contributed by atoms with Gasteiger partial charge in [0, 0.05) is 6.54 Å². The predicted octanol–water partition coefficient (Wildman–Crippen LogP) is 5.24. The van der Waals surface area contributed by atoms with Crippen molar-refractivity contribution in [3.05, 3.63) is 63.6 Å². The van der Waals surface area contributed by atoms with Crippen molar-refractivity contribution in [2.75, 3.05) is 13.7 Å².